The van der Waals surface area contributed by atoms with Gasteiger partial charge in [0.1, 0.15) is 0 Å². The predicted octanol–water partition coefficient (Wildman–Crippen LogP) is 3.00. The SMILES string of the molecule is Cc1ccc(S(=O)(=O)CC(C)c2ccc(C(=O)NO)cc2)c(C)c1. The normalized spacial score (nSPS) is 12.7. The van der Waals surface area contributed by atoms with Crippen molar-refractivity contribution in [3.63, 3.8) is 0 Å². The number of hydroxylamine groups is 1. The fourth-order valence-electron chi connectivity index (χ4n) is 2.69. The van der Waals surface area contributed by atoms with E-state index in [0.717, 1.165) is 16.7 Å². The third-order valence-electron chi connectivity index (χ3n) is 3.98. The van der Waals surface area contributed by atoms with Crippen molar-refractivity contribution in [1.29, 1.82) is 0 Å². The van der Waals surface area contributed by atoms with E-state index in [1.165, 1.54) is 0 Å². The quantitative estimate of drug-likeness (QED) is 0.643. The van der Waals surface area contributed by atoms with Crippen molar-refractivity contribution in [3.05, 3.63) is 64.7 Å². The van der Waals surface area contributed by atoms with Gasteiger partial charge in [0.25, 0.3) is 5.91 Å². The van der Waals surface area contributed by atoms with Gasteiger partial charge in [-0.1, -0.05) is 36.8 Å². The van der Waals surface area contributed by atoms with Gasteiger partial charge in [-0.25, -0.2) is 13.9 Å². The zero-order valence-corrected chi connectivity index (χ0v) is 14.7. The molecule has 2 aromatic rings. The van der Waals surface area contributed by atoms with E-state index in [1.807, 2.05) is 19.9 Å². The Bertz CT molecular complexity index is 842. The average molecular weight is 347 g/mol. The van der Waals surface area contributed by atoms with Gasteiger partial charge in [-0.2, -0.15) is 0 Å². The van der Waals surface area contributed by atoms with Crippen LogP contribution >= 0.6 is 0 Å². The molecule has 0 bridgehead atoms. The van der Waals surface area contributed by atoms with Crippen molar-refractivity contribution >= 4 is 15.7 Å². The molecule has 1 amide bonds. The van der Waals surface area contributed by atoms with Gasteiger partial charge in [-0.15, -0.1) is 0 Å². The topological polar surface area (TPSA) is 83.5 Å². The van der Waals surface area contributed by atoms with Crippen molar-refractivity contribution in [3.8, 4) is 0 Å². The maximum Gasteiger partial charge on any atom is 0.274 e. The van der Waals surface area contributed by atoms with Gasteiger partial charge in [0.2, 0.25) is 0 Å². The maximum absolute atomic E-state index is 12.7. The summed E-state index contributed by atoms with van der Waals surface area (Å²) in [7, 11) is -3.41. The van der Waals surface area contributed by atoms with Crippen molar-refractivity contribution in [2.75, 3.05) is 5.75 Å². The minimum Gasteiger partial charge on any atom is -0.288 e. The molecule has 1 unspecified atom stereocenters. The fraction of sp³-hybridized carbons (Fsp3) is 0.278. The first-order chi connectivity index (χ1) is 11.2. The predicted molar refractivity (Wildman–Crippen MR) is 92.1 cm³/mol. The van der Waals surface area contributed by atoms with Gasteiger partial charge >= 0.3 is 0 Å². The van der Waals surface area contributed by atoms with E-state index in [4.69, 9.17) is 5.21 Å². The van der Waals surface area contributed by atoms with Crippen LogP contribution in [0.5, 0.6) is 0 Å². The van der Waals surface area contributed by atoms with Crippen LogP contribution in [0.4, 0.5) is 0 Å². The monoisotopic (exact) mass is 347 g/mol. The average Bonchev–Trinajstić information content (AvgIpc) is 2.53. The molecule has 1 atom stereocenters. The van der Waals surface area contributed by atoms with Crippen LogP contribution in [0, 0.1) is 13.8 Å². The van der Waals surface area contributed by atoms with Gasteiger partial charge in [0.05, 0.1) is 10.6 Å². The largest absolute Gasteiger partial charge is 0.288 e. The molecule has 2 rings (SSSR count). The van der Waals surface area contributed by atoms with E-state index < -0.39 is 15.7 Å². The second-order valence-corrected chi connectivity index (χ2v) is 8.02. The van der Waals surface area contributed by atoms with Gasteiger partial charge in [0.15, 0.2) is 9.84 Å². The Kier molecular flexibility index (Phi) is 5.41. The van der Waals surface area contributed by atoms with Crippen LogP contribution < -0.4 is 5.48 Å². The highest BCUT2D eigenvalue weighted by atomic mass is 32.2. The van der Waals surface area contributed by atoms with Crippen LogP contribution in [-0.2, 0) is 9.84 Å². The molecule has 0 aromatic heterocycles. The van der Waals surface area contributed by atoms with E-state index in [-0.39, 0.29) is 11.7 Å². The molecule has 0 fully saturated rings. The highest BCUT2D eigenvalue weighted by Crippen LogP contribution is 2.24. The third-order valence-corrected chi connectivity index (χ3v) is 6.05. The Hall–Kier alpha value is -2.18. The van der Waals surface area contributed by atoms with Crippen molar-refractivity contribution < 1.29 is 18.4 Å². The summed E-state index contributed by atoms with van der Waals surface area (Å²) in [5, 5.41) is 8.61. The maximum atomic E-state index is 12.7. The summed E-state index contributed by atoms with van der Waals surface area (Å²) in [5.74, 6) is -0.832. The molecule has 6 heteroatoms. The minimum atomic E-state index is -3.41. The molecular weight excluding hydrogens is 326 g/mol. The summed E-state index contributed by atoms with van der Waals surface area (Å²) in [6.45, 7) is 5.56. The molecule has 0 aliphatic carbocycles. The first-order valence-electron chi connectivity index (χ1n) is 7.59. The molecule has 128 valence electrons. The lowest BCUT2D eigenvalue weighted by molar-refractivity contribution is 0.0706. The molecule has 0 spiro atoms. The Balaban J connectivity index is 2.21. The van der Waals surface area contributed by atoms with Crippen LogP contribution in [-0.4, -0.2) is 25.3 Å². The number of benzene rings is 2. The summed E-state index contributed by atoms with van der Waals surface area (Å²) in [5.41, 5.74) is 4.47. The van der Waals surface area contributed by atoms with Crippen LogP contribution in [0.25, 0.3) is 0 Å². The molecule has 5 nitrogen and oxygen atoms in total. The molecule has 0 aliphatic rings. The summed E-state index contributed by atoms with van der Waals surface area (Å²) in [6.07, 6.45) is 0. The van der Waals surface area contributed by atoms with Gasteiger partial charge in [0, 0.05) is 5.56 Å². The molecule has 24 heavy (non-hydrogen) atoms. The number of sulfone groups is 1. The lowest BCUT2D eigenvalue weighted by atomic mass is 10.0. The van der Waals surface area contributed by atoms with E-state index >= 15 is 0 Å². The first kappa shape index (κ1) is 18.2. The van der Waals surface area contributed by atoms with E-state index in [2.05, 4.69) is 0 Å². The highest BCUT2D eigenvalue weighted by Gasteiger charge is 2.21. The molecule has 0 saturated heterocycles. The first-order valence-corrected chi connectivity index (χ1v) is 9.24. The zero-order valence-electron chi connectivity index (χ0n) is 13.9. The number of hydrogen-bond donors (Lipinski definition) is 2. The number of carbonyl (C=O) groups excluding carboxylic acids is 1. The molecule has 0 radical (unpaired) electrons. The van der Waals surface area contributed by atoms with Gasteiger partial charge in [-0.3, -0.25) is 10.0 Å². The van der Waals surface area contributed by atoms with Crippen LogP contribution in [0.3, 0.4) is 0 Å². The molecule has 2 N–H and O–H groups in total. The summed E-state index contributed by atoms with van der Waals surface area (Å²) in [4.78, 5) is 11.7. The van der Waals surface area contributed by atoms with Crippen LogP contribution in [0.2, 0.25) is 0 Å². The van der Waals surface area contributed by atoms with Crippen LogP contribution in [0.15, 0.2) is 47.4 Å². The van der Waals surface area contributed by atoms with Crippen molar-refractivity contribution in [2.45, 2.75) is 31.6 Å². The summed E-state index contributed by atoms with van der Waals surface area (Å²) < 4.78 is 25.3. The molecule has 0 saturated carbocycles. The third kappa shape index (κ3) is 4.01. The van der Waals surface area contributed by atoms with E-state index in [0.29, 0.717) is 10.5 Å². The summed E-state index contributed by atoms with van der Waals surface area (Å²) in [6, 6.07) is 11.8. The standard InChI is InChI=1S/C18H21NO4S/c1-12-4-9-17(13(2)10-12)24(22,23)11-14(3)15-5-7-16(8-6-15)18(20)19-21/h4-10,14,21H,11H2,1-3H3,(H,19,20). The van der Waals surface area contributed by atoms with Crippen molar-refractivity contribution in [2.24, 2.45) is 0 Å². The second kappa shape index (κ2) is 7.15. The lowest BCUT2D eigenvalue weighted by Crippen LogP contribution is -2.18. The highest BCUT2D eigenvalue weighted by molar-refractivity contribution is 7.91. The molecule has 2 aromatic carbocycles. The Morgan fingerprint density at radius 3 is 2.29 bits per heavy atom. The number of hydrogen-bond acceptors (Lipinski definition) is 4. The van der Waals surface area contributed by atoms with Crippen molar-refractivity contribution in [1.82, 2.24) is 5.48 Å². The number of aryl methyl sites for hydroxylation is 2. The minimum absolute atomic E-state index is 0.0115. The molecule has 0 heterocycles. The second-order valence-electron chi connectivity index (χ2n) is 6.01. The summed E-state index contributed by atoms with van der Waals surface area (Å²) >= 11 is 0. The van der Waals surface area contributed by atoms with Crippen LogP contribution in [0.1, 0.15) is 39.9 Å². The van der Waals surface area contributed by atoms with Gasteiger partial charge in [-0.05, 0) is 49.1 Å². The zero-order chi connectivity index (χ0) is 17.9. The fourth-order valence-corrected chi connectivity index (χ4v) is 4.55. The smallest absolute Gasteiger partial charge is 0.274 e. The van der Waals surface area contributed by atoms with Gasteiger partial charge < -0.3 is 0 Å². The number of rotatable bonds is 5. The molecular formula is C18H21NO4S. The Morgan fingerprint density at radius 1 is 1.12 bits per heavy atom. The van der Waals surface area contributed by atoms with E-state index in [1.54, 1.807) is 48.8 Å². The number of carbonyl (C=O) groups is 1. The Labute approximate surface area is 142 Å². The lowest BCUT2D eigenvalue weighted by Gasteiger charge is -2.14. The van der Waals surface area contributed by atoms with E-state index in [9.17, 15) is 13.2 Å². The molecule has 0 aliphatic heterocycles. The Morgan fingerprint density at radius 2 is 1.75 bits per heavy atom. The number of amides is 1. The number of nitrogens with one attached hydrogen (secondary N) is 1.